The number of nitrogens with zero attached hydrogens (tertiary/aromatic N) is 4. The number of carbonyl (C=O) groups excluding carboxylic acids is 2. The number of amides is 2. The van der Waals surface area contributed by atoms with Gasteiger partial charge in [0.1, 0.15) is 0 Å². The number of hydrogen-bond acceptors (Lipinski definition) is 4. The Kier molecular flexibility index (Phi) is 5.50. The standard InChI is InChI=1S/C17H26N4O3/c1-14(22)19-9-4-15(5-10-19)17(23)20-7-3-11-24-16(12-20)13-21-8-2-6-18-21/h2,6,8,15-16H,3-5,7,9-13H2,1H3/t16-/m1/s1. The third-order valence-corrected chi connectivity index (χ3v) is 4.90. The number of aromatic nitrogens is 2. The maximum atomic E-state index is 12.9. The number of ether oxygens (including phenoxy) is 1. The third kappa shape index (κ3) is 4.14. The molecule has 0 aromatic carbocycles. The van der Waals surface area contributed by atoms with Crippen LogP contribution in [0.4, 0.5) is 0 Å². The fraction of sp³-hybridized carbons (Fsp3) is 0.706. The van der Waals surface area contributed by atoms with Crippen LogP contribution in [0.3, 0.4) is 0 Å². The van der Waals surface area contributed by atoms with Crippen LogP contribution in [0.15, 0.2) is 18.5 Å². The van der Waals surface area contributed by atoms with E-state index in [0.29, 0.717) is 32.8 Å². The summed E-state index contributed by atoms with van der Waals surface area (Å²) in [7, 11) is 0. The molecule has 2 saturated heterocycles. The third-order valence-electron chi connectivity index (χ3n) is 4.90. The molecule has 0 saturated carbocycles. The zero-order chi connectivity index (χ0) is 16.9. The molecule has 0 aliphatic carbocycles. The van der Waals surface area contributed by atoms with Crippen molar-refractivity contribution in [1.82, 2.24) is 19.6 Å². The molecule has 0 bridgehead atoms. The molecule has 3 heterocycles. The van der Waals surface area contributed by atoms with Crippen molar-refractivity contribution in [2.45, 2.75) is 38.8 Å². The van der Waals surface area contributed by atoms with Gasteiger partial charge in [-0.1, -0.05) is 0 Å². The maximum absolute atomic E-state index is 12.9. The first-order valence-corrected chi connectivity index (χ1v) is 8.77. The second-order valence-corrected chi connectivity index (χ2v) is 6.64. The van der Waals surface area contributed by atoms with Gasteiger partial charge >= 0.3 is 0 Å². The average molecular weight is 334 g/mol. The molecule has 1 atom stereocenters. The van der Waals surface area contributed by atoms with Crippen molar-refractivity contribution in [3.63, 3.8) is 0 Å². The number of rotatable bonds is 3. The molecule has 7 nitrogen and oxygen atoms in total. The van der Waals surface area contributed by atoms with E-state index in [1.54, 1.807) is 13.1 Å². The molecule has 0 unspecified atom stereocenters. The largest absolute Gasteiger partial charge is 0.374 e. The highest BCUT2D eigenvalue weighted by Crippen LogP contribution is 2.21. The summed E-state index contributed by atoms with van der Waals surface area (Å²) in [6, 6.07) is 1.89. The highest BCUT2D eigenvalue weighted by molar-refractivity contribution is 5.79. The van der Waals surface area contributed by atoms with Crippen molar-refractivity contribution >= 4 is 11.8 Å². The number of piperidine rings is 1. The van der Waals surface area contributed by atoms with Crippen LogP contribution < -0.4 is 0 Å². The van der Waals surface area contributed by atoms with Crippen LogP contribution in [0.1, 0.15) is 26.2 Å². The fourth-order valence-corrected chi connectivity index (χ4v) is 3.52. The van der Waals surface area contributed by atoms with Crippen LogP contribution in [0.5, 0.6) is 0 Å². The molecule has 7 heteroatoms. The lowest BCUT2D eigenvalue weighted by molar-refractivity contribution is -0.140. The Balaban J connectivity index is 1.56. The lowest BCUT2D eigenvalue weighted by Gasteiger charge is -2.34. The van der Waals surface area contributed by atoms with Crippen molar-refractivity contribution in [2.24, 2.45) is 5.92 Å². The lowest BCUT2D eigenvalue weighted by atomic mass is 9.95. The van der Waals surface area contributed by atoms with Crippen molar-refractivity contribution < 1.29 is 14.3 Å². The van der Waals surface area contributed by atoms with E-state index in [4.69, 9.17) is 4.74 Å². The maximum Gasteiger partial charge on any atom is 0.225 e. The van der Waals surface area contributed by atoms with Crippen LogP contribution in [-0.4, -0.2) is 70.3 Å². The zero-order valence-corrected chi connectivity index (χ0v) is 14.3. The van der Waals surface area contributed by atoms with Gasteiger partial charge in [-0.15, -0.1) is 0 Å². The summed E-state index contributed by atoms with van der Waals surface area (Å²) in [4.78, 5) is 28.1. The van der Waals surface area contributed by atoms with Crippen molar-refractivity contribution in [1.29, 1.82) is 0 Å². The molecule has 2 fully saturated rings. The van der Waals surface area contributed by atoms with E-state index in [0.717, 1.165) is 25.8 Å². The first-order chi connectivity index (χ1) is 11.6. The predicted octanol–water partition coefficient (Wildman–Crippen LogP) is 0.759. The molecule has 132 valence electrons. The van der Waals surface area contributed by atoms with Gasteiger partial charge in [-0.05, 0) is 25.3 Å². The van der Waals surface area contributed by atoms with Gasteiger partial charge in [-0.3, -0.25) is 14.3 Å². The smallest absolute Gasteiger partial charge is 0.225 e. The van der Waals surface area contributed by atoms with Crippen LogP contribution in [-0.2, 0) is 20.9 Å². The normalized spacial score (nSPS) is 23.1. The van der Waals surface area contributed by atoms with Crippen LogP contribution in [0, 0.1) is 5.92 Å². The van der Waals surface area contributed by atoms with Crippen LogP contribution in [0.25, 0.3) is 0 Å². The van der Waals surface area contributed by atoms with Crippen LogP contribution >= 0.6 is 0 Å². The molecule has 0 spiro atoms. The van der Waals surface area contributed by atoms with Crippen molar-refractivity contribution in [3.8, 4) is 0 Å². The van der Waals surface area contributed by atoms with E-state index in [1.807, 2.05) is 26.7 Å². The van der Waals surface area contributed by atoms with E-state index in [-0.39, 0.29) is 23.8 Å². The minimum absolute atomic E-state index is 0.0198. The van der Waals surface area contributed by atoms with E-state index < -0.39 is 0 Å². The summed E-state index contributed by atoms with van der Waals surface area (Å²) >= 11 is 0. The second-order valence-electron chi connectivity index (χ2n) is 6.64. The molecular weight excluding hydrogens is 308 g/mol. The van der Waals surface area contributed by atoms with Gasteiger partial charge in [0, 0.05) is 58.0 Å². The van der Waals surface area contributed by atoms with E-state index in [2.05, 4.69) is 5.10 Å². The van der Waals surface area contributed by atoms with Crippen molar-refractivity contribution in [2.75, 3.05) is 32.8 Å². The van der Waals surface area contributed by atoms with Gasteiger partial charge in [0.05, 0.1) is 12.6 Å². The number of hydrogen-bond donors (Lipinski definition) is 0. The van der Waals surface area contributed by atoms with E-state index in [9.17, 15) is 9.59 Å². The van der Waals surface area contributed by atoms with Crippen LogP contribution in [0.2, 0.25) is 0 Å². The summed E-state index contributed by atoms with van der Waals surface area (Å²) in [5, 5.41) is 4.22. The molecular formula is C17H26N4O3. The van der Waals surface area contributed by atoms with Gasteiger partial charge in [-0.2, -0.15) is 5.10 Å². The summed E-state index contributed by atoms with van der Waals surface area (Å²) in [6.07, 6.45) is 6.04. The summed E-state index contributed by atoms with van der Waals surface area (Å²) in [5.41, 5.74) is 0. The molecule has 1 aromatic heterocycles. The molecule has 24 heavy (non-hydrogen) atoms. The first-order valence-electron chi connectivity index (χ1n) is 8.77. The number of carbonyl (C=O) groups is 2. The van der Waals surface area contributed by atoms with E-state index in [1.165, 1.54) is 0 Å². The summed E-state index contributed by atoms with van der Waals surface area (Å²) in [6.45, 7) is 5.68. The van der Waals surface area contributed by atoms with Gasteiger partial charge in [-0.25, -0.2) is 0 Å². The molecule has 1 aromatic rings. The Labute approximate surface area is 142 Å². The summed E-state index contributed by atoms with van der Waals surface area (Å²) < 4.78 is 7.74. The SMILES string of the molecule is CC(=O)N1CCC(C(=O)N2CCCO[C@@H](Cn3cccn3)C2)CC1. The lowest BCUT2D eigenvalue weighted by Crippen LogP contribution is -2.46. The Bertz CT molecular complexity index is 552. The highest BCUT2D eigenvalue weighted by atomic mass is 16.5. The topological polar surface area (TPSA) is 67.7 Å². The predicted molar refractivity (Wildman–Crippen MR) is 88.1 cm³/mol. The fourth-order valence-electron chi connectivity index (χ4n) is 3.52. The molecule has 2 amide bonds. The van der Waals surface area contributed by atoms with Gasteiger partial charge < -0.3 is 14.5 Å². The Hall–Kier alpha value is -1.89. The van der Waals surface area contributed by atoms with Gasteiger partial charge in [0.2, 0.25) is 11.8 Å². The average Bonchev–Trinajstić information content (AvgIpc) is 2.98. The minimum Gasteiger partial charge on any atom is -0.374 e. The van der Waals surface area contributed by atoms with Gasteiger partial charge in [0.25, 0.3) is 0 Å². The monoisotopic (exact) mass is 334 g/mol. The second kappa shape index (κ2) is 7.79. The minimum atomic E-state index is -0.0198. The van der Waals surface area contributed by atoms with Crippen molar-refractivity contribution in [3.05, 3.63) is 18.5 Å². The number of likely N-dealkylation sites (tertiary alicyclic amines) is 1. The zero-order valence-electron chi connectivity index (χ0n) is 14.3. The molecule has 0 radical (unpaired) electrons. The molecule has 2 aliphatic heterocycles. The molecule has 0 N–H and O–H groups in total. The Morgan fingerprint density at radius 3 is 2.67 bits per heavy atom. The quantitative estimate of drug-likeness (QED) is 0.818. The molecule has 2 aliphatic rings. The Morgan fingerprint density at radius 1 is 1.21 bits per heavy atom. The first kappa shape index (κ1) is 17.0. The Morgan fingerprint density at radius 2 is 2.00 bits per heavy atom. The van der Waals surface area contributed by atoms with E-state index >= 15 is 0 Å². The highest BCUT2D eigenvalue weighted by Gasteiger charge is 2.31. The summed E-state index contributed by atoms with van der Waals surface area (Å²) in [5.74, 6) is 0.349. The van der Waals surface area contributed by atoms with Gasteiger partial charge in [0.15, 0.2) is 0 Å². The molecule has 3 rings (SSSR count).